The van der Waals surface area contributed by atoms with Crippen molar-refractivity contribution in [3.05, 3.63) is 41.0 Å². The van der Waals surface area contributed by atoms with Gasteiger partial charge in [-0.05, 0) is 30.5 Å². The maximum atomic E-state index is 5.99. The Balaban J connectivity index is 2.50. The van der Waals surface area contributed by atoms with E-state index >= 15 is 0 Å². The minimum Gasteiger partial charge on any atom is -0.236 e. The molecule has 1 aromatic heterocycles. The summed E-state index contributed by atoms with van der Waals surface area (Å²) in [6.45, 7) is 2.20. The Kier molecular flexibility index (Phi) is 3.22. The molecule has 2 aromatic rings. The molecule has 2 rings (SSSR count). The van der Waals surface area contributed by atoms with Crippen molar-refractivity contribution >= 4 is 22.5 Å². The topological polar surface area (TPSA) is 12.9 Å². The van der Waals surface area contributed by atoms with Crippen molar-refractivity contribution in [3.8, 4) is 0 Å². The van der Waals surface area contributed by atoms with Gasteiger partial charge in [0.1, 0.15) is 5.15 Å². The molecule has 0 aliphatic carbocycles. The van der Waals surface area contributed by atoms with Crippen LogP contribution in [0.5, 0.6) is 0 Å². The summed E-state index contributed by atoms with van der Waals surface area (Å²) in [4.78, 5) is 4.31. The highest BCUT2D eigenvalue weighted by atomic mass is 35.5. The number of hydrogen-bond donors (Lipinski definition) is 0. The number of nitrogens with zero attached hydrogens (tertiary/aromatic N) is 1. The monoisotopic (exact) mass is 219 g/mol. The minimum atomic E-state index is 0.597. The Bertz CT molecular complexity index is 465. The van der Waals surface area contributed by atoms with Gasteiger partial charge in [0.25, 0.3) is 0 Å². The number of fused-ring (bicyclic) bond motifs is 1. The number of benzene rings is 1. The van der Waals surface area contributed by atoms with Gasteiger partial charge in [-0.15, -0.1) is 0 Å². The van der Waals surface area contributed by atoms with E-state index in [1.807, 2.05) is 24.3 Å². The van der Waals surface area contributed by atoms with Gasteiger partial charge < -0.3 is 0 Å². The number of hydrogen-bond acceptors (Lipinski definition) is 1. The molecule has 0 saturated heterocycles. The van der Waals surface area contributed by atoms with Crippen molar-refractivity contribution < 1.29 is 0 Å². The van der Waals surface area contributed by atoms with Gasteiger partial charge in [0.15, 0.2) is 0 Å². The molecule has 1 heterocycles. The van der Waals surface area contributed by atoms with Crippen LogP contribution < -0.4 is 0 Å². The molecular weight excluding hydrogens is 206 g/mol. The smallest absolute Gasteiger partial charge is 0.130 e. The Hall–Kier alpha value is -1.08. The molecule has 0 bridgehead atoms. The van der Waals surface area contributed by atoms with E-state index in [1.54, 1.807) is 0 Å². The first kappa shape index (κ1) is 10.4. The Labute approximate surface area is 95.1 Å². The third kappa shape index (κ3) is 2.29. The summed E-state index contributed by atoms with van der Waals surface area (Å²) in [7, 11) is 0. The molecule has 78 valence electrons. The standard InChI is InChI=1S/C13H14ClN/c1-2-3-6-10-9-13(14)15-12-8-5-4-7-11(10)12/h4-5,7-9H,2-3,6H2,1H3. The first-order chi connectivity index (χ1) is 7.31. The predicted octanol–water partition coefficient (Wildman–Crippen LogP) is 4.23. The van der Waals surface area contributed by atoms with E-state index in [9.17, 15) is 0 Å². The number of aryl methyl sites for hydroxylation is 1. The van der Waals surface area contributed by atoms with Gasteiger partial charge in [0, 0.05) is 5.39 Å². The molecular formula is C13H14ClN. The van der Waals surface area contributed by atoms with Crippen LogP contribution in [-0.2, 0) is 6.42 Å². The minimum absolute atomic E-state index is 0.597. The molecule has 0 atom stereocenters. The normalized spacial score (nSPS) is 10.8. The van der Waals surface area contributed by atoms with Crippen LogP contribution in [0.1, 0.15) is 25.3 Å². The van der Waals surface area contributed by atoms with Crippen LogP contribution in [0.25, 0.3) is 10.9 Å². The average Bonchev–Trinajstić information content (AvgIpc) is 2.25. The van der Waals surface area contributed by atoms with Crippen LogP contribution >= 0.6 is 11.6 Å². The van der Waals surface area contributed by atoms with Crippen LogP contribution in [0.3, 0.4) is 0 Å². The van der Waals surface area contributed by atoms with E-state index < -0.39 is 0 Å². The molecule has 1 nitrogen and oxygen atoms in total. The molecule has 15 heavy (non-hydrogen) atoms. The van der Waals surface area contributed by atoms with Crippen molar-refractivity contribution in [2.75, 3.05) is 0 Å². The largest absolute Gasteiger partial charge is 0.236 e. The van der Waals surface area contributed by atoms with E-state index in [4.69, 9.17) is 11.6 Å². The molecule has 0 saturated carbocycles. The number of halogens is 1. The molecule has 0 aliphatic heterocycles. The average molecular weight is 220 g/mol. The summed E-state index contributed by atoms with van der Waals surface area (Å²) in [6.07, 6.45) is 3.48. The van der Waals surface area contributed by atoms with Gasteiger partial charge in [-0.2, -0.15) is 0 Å². The van der Waals surface area contributed by atoms with Crippen molar-refractivity contribution in [3.63, 3.8) is 0 Å². The SMILES string of the molecule is CCCCc1cc(Cl)nc2ccccc12. The molecule has 1 aromatic carbocycles. The summed E-state index contributed by atoms with van der Waals surface area (Å²) in [5.74, 6) is 0. The fourth-order valence-corrected chi connectivity index (χ4v) is 2.01. The zero-order chi connectivity index (χ0) is 10.7. The summed E-state index contributed by atoms with van der Waals surface area (Å²) >= 11 is 5.99. The molecule has 0 fully saturated rings. The van der Waals surface area contributed by atoms with Crippen molar-refractivity contribution in [1.82, 2.24) is 4.98 Å². The second kappa shape index (κ2) is 4.63. The Morgan fingerprint density at radius 3 is 2.87 bits per heavy atom. The van der Waals surface area contributed by atoms with E-state index in [0.29, 0.717) is 5.15 Å². The Morgan fingerprint density at radius 2 is 2.07 bits per heavy atom. The molecule has 0 spiro atoms. The zero-order valence-electron chi connectivity index (χ0n) is 8.83. The Morgan fingerprint density at radius 1 is 1.27 bits per heavy atom. The predicted molar refractivity (Wildman–Crippen MR) is 65.4 cm³/mol. The third-order valence-electron chi connectivity index (χ3n) is 2.57. The number of pyridine rings is 1. The van der Waals surface area contributed by atoms with Gasteiger partial charge in [0.2, 0.25) is 0 Å². The van der Waals surface area contributed by atoms with Gasteiger partial charge in [0.05, 0.1) is 5.52 Å². The van der Waals surface area contributed by atoms with Crippen molar-refractivity contribution in [2.45, 2.75) is 26.2 Å². The number of unbranched alkanes of at least 4 members (excludes halogenated alkanes) is 1. The van der Waals surface area contributed by atoms with E-state index in [1.165, 1.54) is 23.8 Å². The van der Waals surface area contributed by atoms with Gasteiger partial charge in [-0.25, -0.2) is 4.98 Å². The van der Waals surface area contributed by atoms with Crippen LogP contribution in [0.15, 0.2) is 30.3 Å². The maximum Gasteiger partial charge on any atom is 0.130 e. The number of rotatable bonds is 3. The molecule has 2 heteroatoms. The van der Waals surface area contributed by atoms with Crippen LogP contribution in [0.2, 0.25) is 5.15 Å². The lowest BCUT2D eigenvalue weighted by atomic mass is 10.0. The fraction of sp³-hybridized carbons (Fsp3) is 0.308. The molecule has 0 amide bonds. The zero-order valence-corrected chi connectivity index (χ0v) is 9.59. The molecule has 0 radical (unpaired) electrons. The summed E-state index contributed by atoms with van der Waals surface area (Å²) in [5.41, 5.74) is 2.31. The lowest BCUT2D eigenvalue weighted by Gasteiger charge is -2.05. The summed E-state index contributed by atoms with van der Waals surface area (Å²) in [6, 6.07) is 10.2. The van der Waals surface area contributed by atoms with Crippen molar-refractivity contribution in [1.29, 1.82) is 0 Å². The summed E-state index contributed by atoms with van der Waals surface area (Å²) < 4.78 is 0. The molecule has 0 unspecified atom stereocenters. The van der Waals surface area contributed by atoms with Gasteiger partial charge in [-0.3, -0.25) is 0 Å². The second-order valence-corrected chi connectivity index (χ2v) is 4.11. The van der Waals surface area contributed by atoms with E-state index in [2.05, 4.69) is 18.0 Å². The number of para-hydroxylation sites is 1. The lowest BCUT2D eigenvalue weighted by molar-refractivity contribution is 0.798. The first-order valence-electron chi connectivity index (χ1n) is 5.35. The highest BCUT2D eigenvalue weighted by Gasteiger charge is 2.03. The second-order valence-electron chi connectivity index (χ2n) is 3.72. The lowest BCUT2D eigenvalue weighted by Crippen LogP contribution is -1.90. The summed E-state index contributed by atoms with van der Waals surface area (Å²) in [5, 5.41) is 1.83. The highest BCUT2D eigenvalue weighted by molar-refractivity contribution is 6.29. The molecule has 0 N–H and O–H groups in total. The van der Waals surface area contributed by atoms with Gasteiger partial charge in [-0.1, -0.05) is 43.1 Å². The van der Waals surface area contributed by atoms with E-state index in [0.717, 1.165) is 11.9 Å². The van der Waals surface area contributed by atoms with Crippen LogP contribution in [0, 0.1) is 0 Å². The maximum absolute atomic E-state index is 5.99. The van der Waals surface area contributed by atoms with Gasteiger partial charge >= 0.3 is 0 Å². The fourth-order valence-electron chi connectivity index (χ4n) is 1.79. The third-order valence-corrected chi connectivity index (χ3v) is 2.76. The van der Waals surface area contributed by atoms with Crippen molar-refractivity contribution in [2.24, 2.45) is 0 Å². The highest BCUT2D eigenvalue weighted by Crippen LogP contribution is 2.22. The first-order valence-corrected chi connectivity index (χ1v) is 5.73. The molecule has 0 aliphatic rings. The van der Waals surface area contributed by atoms with Crippen LogP contribution in [-0.4, -0.2) is 4.98 Å². The number of aromatic nitrogens is 1. The quantitative estimate of drug-likeness (QED) is 0.704. The van der Waals surface area contributed by atoms with Crippen LogP contribution in [0.4, 0.5) is 0 Å². The van der Waals surface area contributed by atoms with E-state index in [-0.39, 0.29) is 0 Å².